The Bertz CT molecular complexity index is 2540. The predicted molar refractivity (Wildman–Crippen MR) is 231 cm³/mol. The Kier molecular flexibility index (Phi) is 7.38. The summed E-state index contributed by atoms with van der Waals surface area (Å²) in [4.78, 5) is 2.56. The van der Waals surface area contributed by atoms with Gasteiger partial charge in [0.2, 0.25) is 0 Å². The van der Waals surface area contributed by atoms with Gasteiger partial charge < -0.3 is 4.90 Å². The SMILES string of the molecule is CC(C)(C)c1ccc(N(c2ccccc2)c2cc(-c3ccc(-c4ccc5ccccc5c4)cc3)cc3c2-c2ccccc2C32C3CC4CC(C3)CC2C4)cc1. The van der Waals surface area contributed by atoms with Crippen molar-refractivity contribution < 1.29 is 0 Å². The average molecular weight is 712 g/mol. The molecule has 1 spiro atoms. The maximum atomic E-state index is 2.65. The lowest BCUT2D eigenvalue weighted by atomic mass is 9.43. The van der Waals surface area contributed by atoms with E-state index in [9.17, 15) is 0 Å². The molecule has 7 aromatic rings. The molecular weight excluding hydrogens is 663 g/mol. The standard InChI is InChI=1S/C54H49N/c1-53(2,3)43-23-25-47(26-24-43)55(46-13-5-4-6-14-46)51-34-42(39-19-17-38(18-20-39)41-22-21-37-11-7-8-12-40(37)32-41)33-50-52(51)48-15-9-10-16-49(48)54(50)44-28-35-27-36(30-44)31-45(54)29-35/h4-26,32-36,44-45H,27-31H2,1-3H3. The first kappa shape index (κ1) is 33.0. The van der Waals surface area contributed by atoms with Crippen LogP contribution in [0.3, 0.4) is 0 Å². The van der Waals surface area contributed by atoms with Crippen molar-refractivity contribution in [1.29, 1.82) is 0 Å². The third-order valence-electron chi connectivity index (χ3n) is 14.2. The van der Waals surface area contributed by atoms with Gasteiger partial charge in [0.25, 0.3) is 0 Å². The lowest BCUT2D eigenvalue weighted by Gasteiger charge is -2.61. The van der Waals surface area contributed by atoms with Crippen LogP contribution in [0.5, 0.6) is 0 Å². The van der Waals surface area contributed by atoms with Crippen LogP contribution in [0.1, 0.15) is 69.6 Å². The van der Waals surface area contributed by atoms with Crippen LogP contribution in [0.4, 0.5) is 17.1 Å². The zero-order chi connectivity index (χ0) is 36.9. The molecule has 1 heteroatoms. The van der Waals surface area contributed by atoms with Crippen molar-refractivity contribution in [3.05, 3.63) is 174 Å². The van der Waals surface area contributed by atoms with E-state index >= 15 is 0 Å². The van der Waals surface area contributed by atoms with E-state index in [1.807, 2.05) is 0 Å². The molecule has 5 aliphatic rings. The van der Waals surface area contributed by atoms with E-state index in [-0.39, 0.29) is 10.8 Å². The first-order valence-corrected chi connectivity index (χ1v) is 20.7. The van der Waals surface area contributed by atoms with Gasteiger partial charge in [-0.2, -0.15) is 0 Å². The van der Waals surface area contributed by atoms with Crippen molar-refractivity contribution in [2.45, 2.75) is 63.7 Å². The van der Waals surface area contributed by atoms with Crippen LogP contribution >= 0.6 is 0 Å². The number of rotatable bonds is 5. The summed E-state index contributed by atoms with van der Waals surface area (Å²) in [5, 5.41) is 2.56. The fourth-order valence-electron chi connectivity index (χ4n) is 11.9. The third-order valence-corrected chi connectivity index (χ3v) is 14.2. The smallest absolute Gasteiger partial charge is 0.0549 e. The maximum Gasteiger partial charge on any atom is 0.0549 e. The quantitative estimate of drug-likeness (QED) is 0.172. The molecule has 0 heterocycles. The van der Waals surface area contributed by atoms with Gasteiger partial charge in [-0.1, -0.05) is 136 Å². The van der Waals surface area contributed by atoms with Gasteiger partial charge in [-0.05, 0) is 159 Å². The van der Waals surface area contributed by atoms with Crippen LogP contribution in [0.2, 0.25) is 0 Å². The van der Waals surface area contributed by atoms with Crippen molar-refractivity contribution in [3.8, 4) is 33.4 Å². The summed E-state index contributed by atoms with van der Waals surface area (Å²) in [5.41, 5.74) is 16.4. The summed E-state index contributed by atoms with van der Waals surface area (Å²) >= 11 is 0. The number of hydrogen-bond acceptors (Lipinski definition) is 1. The molecule has 0 aliphatic heterocycles. The van der Waals surface area contributed by atoms with Crippen LogP contribution in [0, 0.1) is 23.7 Å². The minimum absolute atomic E-state index is 0.0631. The monoisotopic (exact) mass is 711 g/mol. The van der Waals surface area contributed by atoms with E-state index in [1.165, 1.54) is 98.9 Å². The molecule has 270 valence electrons. The maximum absolute atomic E-state index is 2.65. The van der Waals surface area contributed by atoms with Gasteiger partial charge in [-0.3, -0.25) is 0 Å². The van der Waals surface area contributed by atoms with Crippen molar-refractivity contribution in [1.82, 2.24) is 0 Å². The summed E-state index contributed by atoms with van der Waals surface area (Å²) in [6.45, 7) is 6.92. The van der Waals surface area contributed by atoms with E-state index in [0.717, 1.165) is 11.8 Å². The van der Waals surface area contributed by atoms with Gasteiger partial charge in [-0.25, -0.2) is 0 Å². The normalized spacial score (nSPS) is 23.3. The minimum atomic E-state index is 0.0631. The third kappa shape index (κ3) is 5.12. The van der Waals surface area contributed by atoms with Crippen LogP contribution in [0.25, 0.3) is 44.2 Å². The Balaban J connectivity index is 1.14. The highest BCUT2D eigenvalue weighted by Crippen LogP contribution is 2.70. The Labute approximate surface area is 326 Å². The second-order valence-corrected chi connectivity index (χ2v) is 18.2. The number of benzene rings is 7. The van der Waals surface area contributed by atoms with Gasteiger partial charge in [0, 0.05) is 22.4 Å². The van der Waals surface area contributed by atoms with Crippen molar-refractivity contribution >= 4 is 27.8 Å². The molecule has 4 bridgehead atoms. The zero-order valence-corrected chi connectivity index (χ0v) is 32.3. The molecule has 0 unspecified atom stereocenters. The Morgan fingerprint density at radius 1 is 0.473 bits per heavy atom. The number of hydrogen-bond donors (Lipinski definition) is 0. The first-order chi connectivity index (χ1) is 26.8. The lowest BCUT2D eigenvalue weighted by Crippen LogP contribution is -2.55. The van der Waals surface area contributed by atoms with Gasteiger partial charge >= 0.3 is 0 Å². The summed E-state index contributed by atoms with van der Waals surface area (Å²) in [5.74, 6) is 3.19. The predicted octanol–water partition coefficient (Wildman–Crippen LogP) is 14.7. The van der Waals surface area contributed by atoms with Crippen LogP contribution in [-0.4, -0.2) is 0 Å². The molecule has 1 nitrogen and oxygen atoms in total. The Morgan fingerprint density at radius 2 is 1.05 bits per heavy atom. The summed E-state index contributed by atoms with van der Waals surface area (Å²) in [7, 11) is 0. The fraction of sp³-hybridized carbons (Fsp3) is 0.259. The van der Waals surface area contributed by atoms with E-state index < -0.39 is 0 Å². The molecule has 5 aliphatic carbocycles. The summed E-state index contributed by atoms with van der Waals surface area (Å²) in [6, 6.07) is 60.1. The zero-order valence-electron chi connectivity index (χ0n) is 32.3. The molecule has 4 saturated carbocycles. The average Bonchev–Trinajstić information content (AvgIpc) is 3.50. The lowest BCUT2D eigenvalue weighted by molar-refractivity contribution is -0.0399. The second kappa shape index (κ2) is 12.3. The molecule has 0 radical (unpaired) electrons. The van der Waals surface area contributed by atoms with E-state index in [2.05, 4.69) is 183 Å². The Morgan fingerprint density at radius 3 is 1.75 bits per heavy atom. The molecule has 0 atom stereocenters. The minimum Gasteiger partial charge on any atom is -0.310 e. The van der Waals surface area contributed by atoms with Crippen molar-refractivity contribution in [2.24, 2.45) is 23.7 Å². The summed E-state index contributed by atoms with van der Waals surface area (Å²) in [6.07, 6.45) is 6.95. The number of anilines is 3. The molecule has 0 aromatic heterocycles. The highest BCUT2D eigenvalue weighted by Gasteiger charge is 2.62. The molecule has 4 fully saturated rings. The molecular formula is C54H49N. The number of para-hydroxylation sites is 1. The molecule has 7 aromatic carbocycles. The van der Waals surface area contributed by atoms with Gasteiger partial charge in [0.1, 0.15) is 0 Å². The Hall–Kier alpha value is -5.40. The van der Waals surface area contributed by atoms with Crippen LogP contribution in [0.15, 0.2) is 158 Å². The molecule has 0 N–H and O–H groups in total. The summed E-state index contributed by atoms with van der Waals surface area (Å²) < 4.78 is 0. The van der Waals surface area contributed by atoms with E-state index in [0.29, 0.717) is 11.8 Å². The first-order valence-electron chi connectivity index (χ1n) is 20.7. The molecule has 0 saturated heterocycles. The number of nitrogens with zero attached hydrogens (tertiary/aromatic N) is 1. The van der Waals surface area contributed by atoms with Crippen molar-refractivity contribution in [2.75, 3.05) is 4.90 Å². The van der Waals surface area contributed by atoms with Crippen LogP contribution in [-0.2, 0) is 10.8 Å². The molecule has 12 rings (SSSR count). The number of fused-ring (bicyclic) bond motifs is 4. The van der Waals surface area contributed by atoms with E-state index in [1.54, 1.807) is 11.1 Å². The van der Waals surface area contributed by atoms with Crippen LogP contribution < -0.4 is 4.90 Å². The van der Waals surface area contributed by atoms with E-state index in [4.69, 9.17) is 0 Å². The highest BCUT2D eigenvalue weighted by atomic mass is 15.1. The van der Waals surface area contributed by atoms with Gasteiger partial charge in [0.05, 0.1) is 5.69 Å². The fourth-order valence-corrected chi connectivity index (χ4v) is 11.9. The van der Waals surface area contributed by atoms with Crippen molar-refractivity contribution in [3.63, 3.8) is 0 Å². The molecule has 0 amide bonds. The highest BCUT2D eigenvalue weighted by molar-refractivity contribution is 5.98. The topological polar surface area (TPSA) is 3.24 Å². The molecule has 55 heavy (non-hydrogen) atoms. The second-order valence-electron chi connectivity index (χ2n) is 18.2. The largest absolute Gasteiger partial charge is 0.310 e. The van der Waals surface area contributed by atoms with Gasteiger partial charge in [0.15, 0.2) is 0 Å². The van der Waals surface area contributed by atoms with Gasteiger partial charge in [-0.15, -0.1) is 0 Å².